The molecular weight excluding hydrogens is 288 g/mol. The predicted octanol–water partition coefficient (Wildman–Crippen LogP) is 2.26. The normalized spacial score (nSPS) is 22.5. The molecule has 2 heterocycles. The maximum atomic E-state index is 11.9. The Kier molecular flexibility index (Phi) is 4.31. The Morgan fingerprint density at radius 1 is 1.53 bits per heavy atom. The van der Waals surface area contributed by atoms with E-state index >= 15 is 0 Å². The molecule has 2 amide bonds. The van der Waals surface area contributed by atoms with Gasteiger partial charge in [0, 0.05) is 18.0 Å². The number of hydrogen-bond acceptors (Lipinski definition) is 3. The number of hydrogen-bond donors (Lipinski definition) is 2. The van der Waals surface area contributed by atoms with E-state index < -0.39 is 11.9 Å². The summed E-state index contributed by atoms with van der Waals surface area (Å²) in [6.07, 6.45) is 0. The van der Waals surface area contributed by atoms with Crippen LogP contribution >= 0.6 is 22.9 Å². The molecule has 0 bridgehead atoms. The first-order chi connectivity index (χ1) is 8.97. The molecule has 104 valence electrons. The molecule has 5 nitrogen and oxygen atoms in total. The van der Waals surface area contributed by atoms with Crippen molar-refractivity contribution >= 4 is 34.9 Å². The number of carbonyl (C=O) groups is 2. The largest absolute Gasteiger partial charge is 0.481 e. The number of aliphatic carboxylic acids is 1. The van der Waals surface area contributed by atoms with Gasteiger partial charge in [-0.3, -0.25) is 4.79 Å². The van der Waals surface area contributed by atoms with Crippen LogP contribution in [0.4, 0.5) is 4.79 Å². The first kappa shape index (κ1) is 14.1. The summed E-state index contributed by atoms with van der Waals surface area (Å²) in [5, 5.41) is 11.8. The van der Waals surface area contributed by atoms with Crippen LogP contribution in [0.3, 0.4) is 0 Å². The Hall–Kier alpha value is -1.27. The second kappa shape index (κ2) is 5.79. The number of carbonyl (C=O) groups excluding carboxylic acids is 1. The van der Waals surface area contributed by atoms with Gasteiger partial charge in [0.25, 0.3) is 0 Å². The van der Waals surface area contributed by atoms with Crippen molar-refractivity contribution in [1.29, 1.82) is 0 Å². The molecule has 0 aromatic carbocycles. The van der Waals surface area contributed by atoms with Gasteiger partial charge in [0.15, 0.2) is 0 Å². The molecule has 1 aliphatic rings. The molecule has 0 unspecified atom stereocenters. The van der Waals surface area contributed by atoms with Crippen molar-refractivity contribution < 1.29 is 14.7 Å². The Balaban J connectivity index is 1.86. The van der Waals surface area contributed by atoms with Crippen LogP contribution in [0.5, 0.6) is 0 Å². The summed E-state index contributed by atoms with van der Waals surface area (Å²) in [7, 11) is 0. The van der Waals surface area contributed by atoms with Crippen molar-refractivity contribution in [3.8, 4) is 0 Å². The highest BCUT2D eigenvalue weighted by Gasteiger charge is 2.36. The maximum Gasteiger partial charge on any atom is 0.317 e. The minimum Gasteiger partial charge on any atom is -0.481 e. The SMILES string of the molecule is C[C@@H]1CN(C(=O)NCc2ccc(Cl)s2)C[C@H]1C(=O)O. The molecule has 0 saturated carbocycles. The molecule has 0 aliphatic carbocycles. The molecule has 2 rings (SSSR count). The van der Waals surface area contributed by atoms with E-state index in [1.165, 1.54) is 11.3 Å². The van der Waals surface area contributed by atoms with Gasteiger partial charge in [-0.05, 0) is 18.1 Å². The van der Waals surface area contributed by atoms with Crippen LogP contribution in [0, 0.1) is 11.8 Å². The zero-order valence-electron chi connectivity index (χ0n) is 10.4. The first-order valence-corrected chi connectivity index (χ1v) is 7.16. The molecule has 2 N–H and O–H groups in total. The molecule has 1 aromatic rings. The van der Waals surface area contributed by atoms with Crippen LogP contribution in [0.1, 0.15) is 11.8 Å². The van der Waals surface area contributed by atoms with E-state index in [1.807, 2.05) is 13.0 Å². The zero-order valence-corrected chi connectivity index (χ0v) is 12.0. The van der Waals surface area contributed by atoms with E-state index in [0.29, 0.717) is 17.4 Å². The van der Waals surface area contributed by atoms with E-state index in [2.05, 4.69) is 5.32 Å². The average molecular weight is 303 g/mol. The fraction of sp³-hybridized carbons (Fsp3) is 0.500. The molecule has 1 fully saturated rings. The molecule has 19 heavy (non-hydrogen) atoms. The van der Waals surface area contributed by atoms with Crippen LogP contribution < -0.4 is 5.32 Å². The van der Waals surface area contributed by atoms with Crippen molar-refractivity contribution in [1.82, 2.24) is 10.2 Å². The van der Waals surface area contributed by atoms with Crippen LogP contribution in [0.25, 0.3) is 0 Å². The lowest BCUT2D eigenvalue weighted by Gasteiger charge is -2.16. The van der Waals surface area contributed by atoms with E-state index in [1.54, 1.807) is 11.0 Å². The average Bonchev–Trinajstić information content (AvgIpc) is 2.92. The Morgan fingerprint density at radius 2 is 2.26 bits per heavy atom. The fourth-order valence-electron chi connectivity index (χ4n) is 2.18. The predicted molar refractivity (Wildman–Crippen MR) is 73.4 cm³/mol. The van der Waals surface area contributed by atoms with Crippen LogP contribution in [0.2, 0.25) is 4.34 Å². The van der Waals surface area contributed by atoms with Gasteiger partial charge in [-0.1, -0.05) is 18.5 Å². The molecule has 1 saturated heterocycles. The number of rotatable bonds is 3. The second-order valence-electron chi connectivity index (χ2n) is 4.69. The van der Waals surface area contributed by atoms with E-state index in [0.717, 1.165) is 4.88 Å². The van der Waals surface area contributed by atoms with Crippen molar-refractivity contribution in [2.24, 2.45) is 11.8 Å². The number of amides is 2. The number of urea groups is 1. The number of likely N-dealkylation sites (tertiary alicyclic amines) is 1. The summed E-state index contributed by atoms with van der Waals surface area (Å²) >= 11 is 7.22. The van der Waals surface area contributed by atoms with Gasteiger partial charge in [-0.2, -0.15) is 0 Å². The summed E-state index contributed by atoms with van der Waals surface area (Å²) in [4.78, 5) is 25.5. The Morgan fingerprint density at radius 3 is 2.79 bits per heavy atom. The minimum absolute atomic E-state index is 0.0144. The van der Waals surface area contributed by atoms with Gasteiger partial charge < -0.3 is 15.3 Å². The third-order valence-corrected chi connectivity index (χ3v) is 4.49. The van der Waals surface area contributed by atoms with Gasteiger partial charge in [0.05, 0.1) is 16.8 Å². The minimum atomic E-state index is -0.840. The van der Waals surface area contributed by atoms with E-state index in [-0.39, 0.29) is 18.5 Å². The summed E-state index contributed by atoms with van der Waals surface area (Å²) in [6, 6.07) is 3.42. The molecule has 2 atom stereocenters. The van der Waals surface area contributed by atoms with Crippen LogP contribution in [0.15, 0.2) is 12.1 Å². The number of nitrogens with one attached hydrogen (secondary N) is 1. The maximum absolute atomic E-state index is 11.9. The lowest BCUT2D eigenvalue weighted by molar-refractivity contribution is -0.142. The lowest BCUT2D eigenvalue weighted by Crippen LogP contribution is -2.38. The first-order valence-electron chi connectivity index (χ1n) is 5.97. The van der Waals surface area contributed by atoms with Crippen molar-refractivity contribution in [3.05, 3.63) is 21.3 Å². The van der Waals surface area contributed by atoms with Crippen LogP contribution in [-0.4, -0.2) is 35.1 Å². The monoisotopic (exact) mass is 302 g/mol. The quantitative estimate of drug-likeness (QED) is 0.900. The number of thiophene rings is 1. The topological polar surface area (TPSA) is 69.6 Å². The molecule has 0 radical (unpaired) electrons. The van der Waals surface area contributed by atoms with Gasteiger partial charge in [0.1, 0.15) is 0 Å². The Labute approximate surface area is 120 Å². The molecule has 1 aliphatic heterocycles. The lowest BCUT2D eigenvalue weighted by atomic mass is 9.99. The highest BCUT2D eigenvalue weighted by atomic mass is 35.5. The third kappa shape index (κ3) is 3.39. The molecule has 0 spiro atoms. The zero-order chi connectivity index (χ0) is 14.0. The highest BCUT2D eigenvalue weighted by molar-refractivity contribution is 7.16. The van der Waals surface area contributed by atoms with Crippen molar-refractivity contribution in [2.45, 2.75) is 13.5 Å². The number of carboxylic acid groups (broad SMARTS) is 1. The summed E-state index contributed by atoms with van der Waals surface area (Å²) in [5.74, 6) is -1.32. The fourth-order valence-corrected chi connectivity index (χ4v) is 3.20. The van der Waals surface area contributed by atoms with Gasteiger partial charge in [0.2, 0.25) is 0 Å². The van der Waals surface area contributed by atoms with Crippen molar-refractivity contribution in [2.75, 3.05) is 13.1 Å². The van der Waals surface area contributed by atoms with E-state index in [4.69, 9.17) is 16.7 Å². The molecular formula is C12H15ClN2O3S. The summed E-state index contributed by atoms with van der Waals surface area (Å²) < 4.78 is 0.685. The number of halogens is 1. The van der Waals surface area contributed by atoms with Gasteiger partial charge >= 0.3 is 12.0 Å². The highest BCUT2D eigenvalue weighted by Crippen LogP contribution is 2.24. The van der Waals surface area contributed by atoms with Gasteiger partial charge in [-0.25, -0.2) is 4.79 Å². The third-order valence-electron chi connectivity index (χ3n) is 3.26. The number of carboxylic acids is 1. The summed E-state index contributed by atoms with van der Waals surface area (Å²) in [5.41, 5.74) is 0. The summed E-state index contributed by atoms with van der Waals surface area (Å²) in [6.45, 7) is 3.02. The smallest absolute Gasteiger partial charge is 0.317 e. The van der Waals surface area contributed by atoms with Gasteiger partial charge in [-0.15, -0.1) is 11.3 Å². The number of nitrogens with zero attached hydrogens (tertiary/aromatic N) is 1. The second-order valence-corrected chi connectivity index (χ2v) is 6.49. The van der Waals surface area contributed by atoms with Crippen molar-refractivity contribution in [3.63, 3.8) is 0 Å². The molecule has 7 heteroatoms. The standard InChI is InChI=1S/C12H15ClN2O3S/c1-7-5-15(6-9(7)11(16)17)12(18)14-4-8-2-3-10(13)19-8/h2-3,7,9H,4-6H2,1H3,(H,14,18)(H,16,17)/t7-,9-/m1/s1. The Bertz CT molecular complexity index is 491. The van der Waals surface area contributed by atoms with Crippen LogP contribution in [-0.2, 0) is 11.3 Å². The molecule has 1 aromatic heterocycles. The van der Waals surface area contributed by atoms with E-state index in [9.17, 15) is 9.59 Å².